The number of benzene rings is 1. The van der Waals surface area contributed by atoms with Gasteiger partial charge in [-0.05, 0) is 12.1 Å². The molecule has 1 N–H and O–H groups in total. The van der Waals surface area contributed by atoms with E-state index < -0.39 is 11.4 Å². The van der Waals surface area contributed by atoms with Crippen molar-refractivity contribution in [3.63, 3.8) is 0 Å². The molecule has 8 heteroatoms. The first-order chi connectivity index (χ1) is 10.6. The van der Waals surface area contributed by atoms with Gasteiger partial charge in [0.15, 0.2) is 0 Å². The SMILES string of the molecule is CN1CC(c2ncnn2C)c2n[nH]c(=O)c3cc(F)cc1c23. The molecule has 3 heterocycles. The summed E-state index contributed by atoms with van der Waals surface area (Å²) in [6.45, 7) is 0.580. The zero-order valence-electron chi connectivity index (χ0n) is 12.0. The third-order valence-corrected chi connectivity index (χ3v) is 4.12. The molecule has 1 aliphatic heterocycles. The van der Waals surface area contributed by atoms with Gasteiger partial charge in [0, 0.05) is 31.7 Å². The maximum absolute atomic E-state index is 13.8. The fourth-order valence-electron chi connectivity index (χ4n) is 3.10. The van der Waals surface area contributed by atoms with Gasteiger partial charge in [0.2, 0.25) is 0 Å². The average molecular weight is 300 g/mol. The maximum Gasteiger partial charge on any atom is 0.272 e. The van der Waals surface area contributed by atoms with E-state index in [1.807, 2.05) is 19.0 Å². The van der Waals surface area contributed by atoms with E-state index in [0.717, 1.165) is 5.82 Å². The van der Waals surface area contributed by atoms with Gasteiger partial charge in [0.1, 0.15) is 18.0 Å². The maximum atomic E-state index is 13.8. The van der Waals surface area contributed by atoms with E-state index in [9.17, 15) is 9.18 Å². The van der Waals surface area contributed by atoms with Gasteiger partial charge in [0.05, 0.1) is 17.0 Å². The van der Waals surface area contributed by atoms with Crippen LogP contribution in [0.3, 0.4) is 0 Å². The van der Waals surface area contributed by atoms with Gasteiger partial charge in [-0.25, -0.2) is 14.5 Å². The van der Waals surface area contributed by atoms with Crippen LogP contribution >= 0.6 is 0 Å². The normalized spacial score (nSPS) is 17.2. The quantitative estimate of drug-likeness (QED) is 0.718. The number of rotatable bonds is 1. The van der Waals surface area contributed by atoms with Crippen LogP contribution in [0.4, 0.5) is 10.1 Å². The summed E-state index contributed by atoms with van der Waals surface area (Å²) in [5.41, 5.74) is 0.965. The Morgan fingerprint density at radius 3 is 2.91 bits per heavy atom. The predicted molar refractivity (Wildman–Crippen MR) is 78.4 cm³/mol. The molecule has 1 atom stereocenters. The van der Waals surface area contributed by atoms with E-state index >= 15 is 0 Å². The molecule has 0 aliphatic carbocycles. The van der Waals surface area contributed by atoms with E-state index in [-0.39, 0.29) is 5.92 Å². The second-order valence-corrected chi connectivity index (χ2v) is 5.46. The van der Waals surface area contributed by atoms with E-state index in [4.69, 9.17) is 0 Å². The predicted octanol–water partition coefficient (Wildman–Crippen LogP) is 0.772. The fraction of sp³-hybridized carbons (Fsp3) is 0.286. The van der Waals surface area contributed by atoms with Crippen LogP contribution in [0.2, 0.25) is 0 Å². The molecule has 0 saturated heterocycles. The van der Waals surface area contributed by atoms with Crippen LogP contribution in [0.5, 0.6) is 0 Å². The number of aryl methyl sites for hydroxylation is 1. The Labute approximate surface area is 124 Å². The molecule has 3 aromatic rings. The lowest BCUT2D eigenvalue weighted by molar-refractivity contribution is 0.610. The largest absolute Gasteiger partial charge is 0.373 e. The van der Waals surface area contributed by atoms with Gasteiger partial charge in [-0.15, -0.1) is 0 Å². The number of aromatic nitrogens is 5. The minimum absolute atomic E-state index is 0.144. The molecule has 22 heavy (non-hydrogen) atoms. The summed E-state index contributed by atoms with van der Waals surface area (Å²) < 4.78 is 15.5. The molecule has 0 fully saturated rings. The van der Waals surface area contributed by atoms with Crippen LogP contribution in [-0.4, -0.2) is 38.6 Å². The lowest BCUT2D eigenvalue weighted by atomic mass is 9.93. The Balaban J connectivity index is 2.09. The highest BCUT2D eigenvalue weighted by molar-refractivity contribution is 5.97. The van der Waals surface area contributed by atoms with E-state index in [1.54, 1.807) is 4.68 Å². The van der Waals surface area contributed by atoms with Crippen molar-refractivity contribution in [3.05, 3.63) is 46.1 Å². The number of nitrogens with one attached hydrogen (secondary N) is 1. The average Bonchev–Trinajstić information content (AvgIpc) is 2.91. The number of likely N-dealkylation sites (N-methyl/N-ethyl adjacent to an activating group) is 1. The Hall–Kier alpha value is -2.77. The Morgan fingerprint density at radius 1 is 1.36 bits per heavy atom. The first kappa shape index (κ1) is 12.9. The number of hydrogen-bond acceptors (Lipinski definition) is 5. The lowest BCUT2D eigenvalue weighted by Gasteiger charge is -2.31. The van der Waals surface area contributed by atoms with Crippen molar-refractivity contribution in [2.75, 3.05) is 18.5 Å². The first-order valence-electron chi connectivity index (χ1n) is 6.83. The van der Waals surface area contributed by atoms with Crippen LogP contribution in [-0.2, 0) is 7.05 Å². The highest BCUT2D eigenvalue weighted by atomic mass is 19.1. The van der Waals surface area contributed by atoms with Gasteiger partial charge in [0.25, 0.3) is 5.56 Å². The second kappa shape index (κ2) is 4.36. The van der Waals surface area contributed by atoms with Gasteiger partial charge in [-0.1, -0.05) is 0 Å². The summed E-state index contributed by atoms with van der Waals surface area (Å²) in [6.07, 6.45) is 1.48. The first-order valence-corrected chi connectivity index (χ1v) is 6.83. The Kier molecular flexibility index (Phi) is 2.56. The second-order valence-electron chi connectivity index (χ2n) is 5.46. The monoisotopic (exact) mass is 300 g/mol. The smallest absolute Gasteiger partial charge is 0.272 e. The molecular formula is C14H13FN6O. The van der Waals surface area contributed by atoms with Crippen LogP contribution in [0.1, 0.15) is 17.4 Å². The van der Waals surface area contributed by atoms with Gasteiger partial charge < -0.3 is 4.90 Å². The summed E-state index contributed by atoms with van der Waals surface area (Å²) in [5.74, 6) is 0.173. The van der Waals surface area contributed by atoms with Crippen molar-refractivity contribution < 1.29 is 4.39 Å². The third kappa shape index (κ3) is 1.66. The Bertz CT molecular complexity index is 946. The zero-order valence-corrected chi connectivity index (χ0v) is 12.0. The van der Waals surface area contributed by atoms with E-state index in [1.165, 1.54) is 18.5 Å². The molecule has 2 aromatic heterocycles. The molecule has 1 aromatic carbocycles. The molecule has 0 bridgehead atoms. The molecule has 1 unspecified atom stereocenters. The van der Waals surface area contributed by atoms with Crippen molar-refractivity contribution in [1.29, 1.82) is 0 Å². The van der Waals surface area contributed by atoms with E-state index in [2.05, 4.69) is 20.3 Å². The van der Waals surface area contributed by atoms with Gasteiger partial charge in [-0.3, -0.25) is 9.48 Å². The standard InChI is InChI=1S/C14H13FN6O/c1-20-5-9(13-16-6-17-21(13)2)12-11-8(14(22)19-18-12)3-7(15)4-10(11)20/h3-4,6,9H,5H2,1-2H3,(H,19,22). The van der Waals surface area contributed by atoms with Crippen molar-refractivity contribution in [2.24, 2.45) is 7.05 Å². The van der Waals surface area contributed by atoms with Crippen LogP contribution in [0.25, 0.3) is 10.8 Å². The Morgan fingerprint density at radius 2 is 2.18 bits per heavy atom. The van der Waals surface area contributed by atoms with Crippen LogP contribution in [0, 0.1) is 5.82 Å². The zero-order chi connectivity index (χ0) is 15.4. The molecule has 0 radical (unpaired) electrons. The summed E-state index contributed by atoms with van der Waals surface area (Å²) >= 11 is 0. The number of halogens is 1. The number of anilines is 1. The summed E-state index contributed by atoms with van der Waals surface area (Å²) in [6, 6.07) is 2.68. The molecule has 112 valence electrons. The van der Waals surface area contributed by atoms with Crippen molar-refractivity contribution >= 4 is 16.5 Å². The third-order valence-electron chi connectivity index (χ3n) is 4.12. The van der Waals surface area contributed by atoms with Crippen molar-refractivity contribution in [1.82, 2.24) is 25.0 Å². The molecule has 1 aliphatic rings. The lowest BCUT2D eigenvalue weighted by Crippen LogP contribution is -2.33. The summed E-state index contributed by atoms with van der Waals surface area (Å²) in [4.78, 5) is 18.2. The minimum atomic E-state index is -0.436. The van der Waals surface area contributed by atoms with Crippen molar-refractivity contribution in [3.8, 4) is 0 Å². The molecule has 0 spiro atoms. The van der Waals surface area contributed by atoms with Crippen molar-refractivity contribution in [2.45, 2.75) is 5.92 Å². The number of hydrogen-bond donors (Lipinski definition) is 1. The molecule has 4 rings (SSSR count). The van der Waals surface area contributed by atoms with E-state index in [0.29, 0.717) is 28.7 Å². The highest BCUT2D eigenvalue weighted by Crippen LogP contribution is 2.38. The van der Waals surface area contributed by atoms with Gasteiger partial charge in [-0.2, -0.15) is 10.2 Å². The van der Waals surface area contributed by atoms with Gasteiger partial charge >= 0.3 is 0 Å². The highest BCUT2D eigenvalue weighted by Gasteiger charge is 2.31. The fourth-order valence-corrected chi connectivity index (χ4v) is 3.10. The number of H-pyrrole nitrogens is 1. The number of aromatic amines is 1. The van der Waals surface area contributed by atoms with Crippen LogP contribution < -0.4 is 10.5 Å². The summed E-state index contributed by atoms with van der Waals surface area (Å²) in [5, 5.41) is 11.7. The minimum Gasteiger partial charge on any atom is -0.373 e. The molecular weight excluding hydrogens is 287 g/mol. The number of nitrogens with zero attached hydrogens (tertiary/aromatic N) is 5. The molecule has 7 nitrogen and oxygen atoms in total. The molecule has 0 amide bonds. The summed E-state index contributed by atoms with van der Waals surface area (Å²) in [7, 11) is 3.67. The topological polar surface area (TPSA) is 79.7 Å². The van der Waals surface area contributed by atoms with Crippen LogP contribution in [0.15, 0.2) is 23.3 Å². The molecule has 0 saturated carbocycles.